The molecule has 224 valence electrons. The number of carbonyl (C=O) groups is 6. The van der Waals surface area contributed by atoms with Gasteiger partial charge in [0.2, 0.25) is 0 Å². The number of amides is 6. The van der Waals surface area contributed by atoms with Gasteiger partial charge in [-0.05, 0) is 78.9 Å². The van der Waals surface area contributed by atoms with Crippen molar-refractivity contribution in [1.29, 1.82) is 0 Å². The molecule has 0 radical (unpaired) electrons. The Labute approximate surface area is 253 Å². The van der Waals surface area contributed by atoms with Crippen LogP contribution in [0.2, 0.25) is 0 Å². The first-order valence-electron chi connectivity index (χ1n) is 13.0. The van der Waals surface area contributed by atoms with Crippen molar-refractivity contribution in [3.63, 3.8) is 0 Å². The van der Waals surface area contributed by atoms with Gasteiger partial charge in [0, 0.05) is 40.1 Å². The van der Waals surface area contributed by atoms with Crippen LogP contribution in [-0.2, 0) is 0 Å². The molecule has 0 saturated heterocycles. The van der Waals surface area contributed by atoms with Crippen molar-refractivity contribution in [2.75, 3.05) is 10.6 Å². The molecule has 45 heavy (non-hydrogen) atoms. The number of benzene rings is 4. The lowest BCUT2D eigenvalue weighted by Crippen LogP contribution is -2.41. The fraction of sp³-hybridized carbons (Fsp3) is 0. The largest absolute Gasteiger partial charge is 0.399 e. The first-order valence-corrected chi connectivity index (χ1v) is 13.0. The summed E-state index contributed by atoms with van der Waals surface area (Å²) in [7, 11) is 0. The number of fused-ring (bicyclic) bond motifs is 1. The molecular formula is C30H21N7O8. The summed E-state index contributed by atoms with van der Waals surface area (Å²) in [6.07, 6.45) is 0. The summed E-state index contributed by atoms with van der Waals surface area (Å²) in [5.41, 5.74) is 15.4. The van der Waals surface area contributed by atoms with E-state index in [2.05, 4.69) is 21.7 Å². The SMILES string of the molecule is Nc1ccc(C(=O)NNC(=O)c2ccc(N3C(=O)c4ccc(C(=O)NNC(=O)c5ccc([N+](=O)[O-])cc5)cc4C3=O)cc2)cc1. The van der Waals surface area contributed by atoms with Crippen molar-refractivity contribution >= 4 is 52.5 Å². The quantitative estimate of drug-likeness (QED) is 0.0935. The van der Waals surface area contributed by atoms with Crippen molar-refractivity contribution in [3.8, 4) is 0 Å². The minimum atomic E-state index is -0.786. The first kappa shape index (κ1) is 29.6. The third-order valence-corrected chi connectivity index (χ3v) is 6.63. The molecular weight excluding hydrogens is 586 g/mol. The summed E-state index contributed by atoms with van der Waals surface area (Å²) in [5, 5.41) is 10.8. The Hall–Kier alpha value is -6.90. The number of nitrogen functional groups attached to an aromatic ring is 1. The van der Waals surface area contributed by atoms with E-state index < -0.39 is 40.4 Å². The Bertz CT molecular complexity index is 1890. The molecule has 15 nitrogen and oxygen atoms in total. The molecule has 15 heteroatoms. The number of hydrogen-bond acceptors (Lipinski definition) is 9. The maximum absolute atomic E-state index is 13.2. The Kier molecular flexibility index (Phi) is 7.98. The van der Waals surface area contributed by atoms with Crippen LogP contribution in [0.5, 0.6) is 0 Å². The summed E-state index contributed by atoms with van der Waals surface area (Å²) in [6, 6.07) is 20.0. The van der Waals surface area contributed by atoms with Gasteiger partial charge in [-0.3, -0.25) is 60.6 Å². The van der Waals surface area contributed by atoms with Crippen molar-refractivity contribution in [2.24, 2.45) is 0 Å². The molecule has 0 unspecified atom stereocenters. The molecule has 0 aliphatic carbocycles. The average molecular weight is 608 g/mol. The van der Waals surface area contributed by atoms with Crippen molar-refractivity contribution in [2.45, 2.75) is 0 Å². The number of nitrogens with two attached hydrogens (primary N) is 1. The number of non-ortho nitro benzene ring substituents is 1. The number of anilines is 2. The van der Waals surface area contributed by atoms with Gasteiger partial charge in [-0.1, -0.05) is 0 Å². The fourth-order valence-corrected chi connectivity index (χ4v) is 4.26. The van der Waals surface area contributed by atoms with E-state index in [4.69, 9.17) is 5.73 Å². The predicted octanol–water partition coefficient (Wildman–Crippen LogP) is 2.13. The van der Waals surface area contributed by atoms with Gasteiger partial charge >= 0.3 is 0 Å². The van der Waals surface area contributed by atoms with E-state index in [0.717, 1.165) is 17.0 Å². The van der Waals surface area contributed by atoms with Crippen molar-refractivity contribution in [3.05, 3.63) is 134 Å². The first-order chi connectivity index (χ1) is 21.5. The van der Waals surface area contributed by atoms with Gasteiger partial charge in [0.15, 0.2) is 0 Å². The molecule has 0 bridgehead atoms. The van der Waals surface area contributed by atoms with E-state index in [-0.39, 0.29) is 44.8 Å². The van der Waals surface area contributed by atoms with Crippen molar-refractivity contribution < 1.29 is 33.7 Å². The average Bonchev–Trinajstić information content (AvgIpc) is 3.30. The van der Waals surface area contributed by atoms with Gasteiger partial charge in [-0.2, -0.15) is 0 Å². The van der Waals surface area contributed by atoms with E-state index in [1.165, 1.54) is 78.9 Å². The maximum atomic E-state index is 13.2. The molecule has 1 aliphatic rings. The third-order valence-electron chi connectivity index (χ3n) is 6.63. The number of hydrazine groups is 2. The van der Waals surface area contributed by atoms with E-state index in [0.29, 0.717) is 5.69 Å². The van der Waals surface area contributed by atoms with Crippen LogP contribution in [0.25, 0.3) is 0 Å². The zero-order valence-corrected chi connectivity index (χ0v) is 22.9. The second-order valence-corrected chi connectivity index (χ2v) is 9.50. The summed E-state index contributed by atoms with van der Waals surface area (Å²) < 4.78 is 0. The maximum Gasteiger partial charge on any atom is 0.269 e. The number of hydrogen-bond donors (Lipinski definition) is 5. The molecule has 0 aromatic heterocycles. The summed E-state index contributed by atoms with van der Waals surface area (Å²) in [4.78, 5) is 86.9. The molecule has 6 amide bonds. The van der Waals surface area contributed by atoms with Gasteiger partial charge in [-0.15, -0.1) is 0 Å². The Balaban J connectivity index is 1.21. The molecule has 0 saturated carbocycles. The lowest BCUT2D eigenvalue weighted by Gasteiger charge is -2.14. The monoisotopic (exact) mass is 607 g/mol. The van der Waals surface area contributed by atoms with Crippen LogP contribution in [0.15, 0.2) is 91.0 Å². The molecule has 4 aromatic rings. The fourth-order valence-electron chi connectivity index (χ4n) is 4.26. The highest BCUT2D eigenvalue weighted by molar-refractivity contribution is 6.34. The number of nitro benzene ring substituents is 1. The Morgan fingerprint density at radius 3 is 1.47 bits per heavy atom. The summed E-state index contributed by atoms with van der Waals surface area (Å²) >= 11 is 0. The van der Waals surface area contributed by atoms with E-state index >= 15 is 0 Å². The smallest absolute Gasteiger partial charge is 0.269 e. The molecule has 1 aliphatic heterocycles. The molecule has 5 rings (SSSR count). The van der Waals surface area contributed by atoms with Crippen LogP contribution in [-0.4, -0.2) is 40.4 Å². The molecule has 1 heterocycles. The molecule has 4 aromatic carbocycles. The molecule has 0 spiro atoms. The molecule has 0 atom stereocenters. The van der Waals surface area contributed by atoms with Gasteiger partial charge in [-0.25, -0.2) is 4.90 Å². The van der Waals surface area contributed by atoms with E-state index in [1.807, 2.05) is 0 Å². The second kappa shape index (κ2) is 12.1. The number of nitrogens with one attached hydrogen (secondary N) is 4. The number of nitrogens with zero attached hydrogens (tertiary/aromatic N) is 2. The van der Waals surface area contributed by atoms with E-state index in [1.54, 1.807) is 0 Å². The number of nitro groups is 1. The third kappa shape index (κ3) is 6.17. The van der Waals surface area contributed by atoms with Crippen LogP contribution in [0.1, 0.15) is 62.1 Å². The van der Waals surface area contributed by atoms with E-state index in [9.17, 15) is 38.9 Å². The van der Waals surface area contributed by atoms with Crippen LogP contribution in [0.4, 0.5) is 17.1 Å². The zero-order valence-electron chi connectivity index (χ0n) is 22.9. The number of carbonyl (C=O) groups excluding carboxylic acids is 6. The van der Waals surface area contributed by atoms with Crippen LogP contribution in [0, 0.1) is 10.1 Å². The minimum absolute atomic E-state index is 0.0335. The highest BCUT2D eigenvalue weighted by Crippen LogP contribution is 2.29. The topological polar surface area (TPSA) is 223 Å². The molecule has 6 N–H and O–H groups in total. The standard InChI is InChI=1S/C30H21N7O8/c31-20-8-1-16(2-9-20)25(38)32-33-26(39)17-3-10-21(11-4-17)36-29(42)23-14-7-19(15-24(23)30(36)43)28(41)35-34-27(40)18-5-12-22(13-6-18)37(44)45/h1-15H,31H2,(H,32,38)(H,33,39)(H,34,40)(H,35,41). The Morgan fingerprint density at radius 2 is 0.978 bits per heavy atom. The highest BCUT2D eigenvalue weighted by atomic mass is 16.6. The lowest BCUT2D eigenvalue weighted by atomic mass is 10.1. The highest BCUT2D eigenvalue weighted by Gasteiger charge is 2.37. The summed E-state index contributed by atoms with van der Waals surface area (Å²) in [6.45, 7) is 0. The predicted molar refractivity (Wildman–Crippen MR) is 158 cm³/mol. The molecule has 0 fully saturated rings. The zero-order chi connectivity index (χ0) is 32.2. The lowest BCUT2D eigenvalue weighted by molar-refractivity contribution is -0.384. The Morgan fingerprint density at radius 1 is 0.578 bits per heavy atom. The number of rotatable bonds is 6. The summed E-state index contributed by atoms with van der Waals surface area (Å²) in [5.74, 6) is -4.10. The second-order valence-electron chi connectivity index (χ2n) is 9.50. The van der Waals surface area contributed by atoms with Gasteiger partial charge in [0.1, 0.15) is 0 Å². The normalized spacial score (nSPS) is 11.8. The van der Waals surface area contributed by atoms with Gasteiger partial charge in [0.05, 0.1) is 21.7 Å². The van der Waals surface area contributed by atoms with Crippen LogP contribution >= 0.6 is 0 Å². The number of imide groups is 1. The minimum Gasteiger partial charge on any atom is -0.399 e. The van der Waals surface area contributed by atoms with Gasteiger partial charge in [0.25, 0.3) is 41.1 Å². The van der Waals surface area contributed by atoms with Gasteiger partial charge < -0.3 is 5.73 Å². The van der Waals surface area contributed by atoms with Crippen LogP contribution in [0.3, 0.4) is 0 Å². The van der Waals surface area contributed by atoms with Crippen LogP contribution < -0.4 is 32.3 Å². The van der Waals surface area contributed by atoms with Crippen molar-refractivity contribution in [1.82, 2.24) is 21.7 Å².